The molecule has 1 atom stereocenters. The van der Waals surface area contributed by atoms with E-state index in [9.17, 15) is 4.79 Å². The van der Waals surface area contributed by atoms with Crippen LogP contribution in [0.15, 0.2) is 18.2 Å². The molecule has 166 valence electrons. The fourth-order valence-corrected chi connectivity index (χ4v) is 5.03. The van der Waals surface area contributed by atoms with Crippen LogP contribution in [0.4, 0.5) is 0 Å². The number of hydrogen-bond donors (Lipinski definition) is 1. The Labute approximate surface area is 182 Å². The lowest BCUT2D eigenvalue weighted by atomic mass is 9.95. The molecule has 2 fully saturated rings. The third-order valence-electron chi connectivity index (χ3n) is 6.83. The number of fused-ring (bicyclic) bond motifs is 1. The van der Waals surface area contributed by atoms with Crippen LogP contribution >= 0.6 is 0 Å². The zero-order valence-corrected chi connectivity index (χ0v) is 18.2. The van der Waals surface area contributed by atoms with Gasteiger partial charge in [-0.1, -0.05) is 17.3 Å². The number of hydrogen-bond acceptors (Lipinski definition) is 6. The van der Waals surface area contributed by atoms with Gasteiger partial charge in [0, 0.05) is 45.5 Å². The van der Waals surface area contributed by atoms with Crippen LogP contribution in [0.25, 0.3) is 5.69 Å². The highest BCUT2D eigenvalue weighted by Crippen LogP contribution is 2.29. The van der Waals surface area contributed by atoms with E-state index in [2.05, 4.69) is 38.7 Å². The summed E-state index contributed by atoms with van der Waals surface area (Å²) in [4.78, 5) is 15.3. The Kier molecular flexibility index (Phi) is 6.02. The summed E-state index contributed by atoms with van der Waals surface area (Å²) < 4.78 is 12.9. The topological polar surface area (TPSA) is 81.5 Å². The highest BCUT2D eigenvalue weighted by molar-refractivity contribution is 5.93. The summed E-state index contributed by atoms with van der Waals surface area (Å²) in [5.41, 5.74) is 4.84. The van der Waals surface area contributed by atoms with Crippen LogP contribution < -0.4 is 5.32 Å². The number of amides is 1. The zero-order valence-electron chi connectivity index (χ0n) is 18.2. The van der Waals surface area contributed by atoms with Crippen molar-refractivity contribution in [2.24, 2.45) is 0 Å². The second-order valence-corrected chi connectivity index (χ2v) is 8.76. The quantitative estimate of drug-likeness (QED) is 0.789. The van der Waals surface area contributed by atoms with Crippen molar-refractivity contribution in [1.82, 2.24) is 25.2 Å². The highest BCUT2D eigenvalue weighted by atomic mass is 16.5. The van der Waals surface area contributed by atoms with Gasteiger partial charge in [0.05, 0.1) is 17.5 Å². The Hall–Kier alpha value is -2.29. The van der Waals surface area contributed by atoms with Crippen molar-refractivity contribution in [1.29, 1.82) is 0 Å². The van der Waals surface area contributed by atoms with Gasteiger partial charge in [0.25, 0.3) is 5.91 Å². The first-order valence-electron chi connectivity index (χ1n) is 11.5. The number of ether oxygens (including phenoxy) is 2. The molecular formula is C23H31N5O3. The lowest BCUT2D eigenvalue weighted by Gasteiger charge is -2.38. The minimum atomic E-state index is -0.185. The first kappa shape index (κ1) is 20.6. The van der Waals surface area contributed by atoms with E-state index in [0.717, 1.165) is 76.4 Å². The summed E-state index contributed by atoms with van der Waals surface area (Å²) in [5.74, 6) is -0.185. The van der Waals surface area contributed by atoms with Gasteiger partial charge in [0.15, 0.2) is 5.69 Å². The monoisotopic (exact) mass is 425 g/mol. The fraction of sp³-hybridized carbons (Fsp3) is 0.609. The summed E-state index contributed by atoms with van der Waals surface area (Å²) in [6, 6.07) is 6.99. The average molecular weight is 426 g/mol. The minimum absolute atomic E-state index is 0.110. The summed E-state index contributed by atoms with van der Waals surface area (Å²) in [6.07, 6.45) is 5.36. The van der Waals surface area contributed by atoms with E-state index in [1.54, 1.807) is 0 Å². The summed E-state index contributed by atoms with van der Waals surface area (Å²) in [7, 11) is 0. The molecular weight excluding hydrogens is 394 g/mol. The van der Waals surface area contributed by atoms with Crippen molar-refractivity contribution in [3.8, 4) is 5.69 Å². The molecule has 2 saturated heterocycles. The third-order valence-corrected chi connectivity index (χ3v) is 6.83. The van der Waals surface area contributed by atoms with Gasteiger partial charge >= 0.3 is 0 Å². The number of benzene rings is 1. The van der Waals surface area contributed by atoms with Gasteiger partial charge in [-0.3, -0.25) is 9.69 Å². The van der Waals surface area contributed by atoms with Gasteiger partial charge in [-0.05, 0) is 56.2 Å². The van der Waals surface area contributed by atoms with Crippen LogP contribution in [0.2, 0.25) is 0 Å². The van der Waals surface area contributed by atoms with Crippen molar-refractivity contribution in [2.45, 2.75) is 57.7 Å². The van der Waals surface area contributed by atoms with E-state index in [1.807, 2.05) is 11.6 Å². The SMILES string of the molecule is Cc1c(C(=O)NC[C@@H]2CCCO2)nnn1-c1cccc2c1CCN(C1CCOCC1)C2. The van der Waals surface area contributed by atoms with Gasteiger partial charge in [-0.25, -0.2) is 4.68 Å². The second-order valence-electron chi connectivity index (χ2n) is 8.76. The van der Waals surface area contributed by atoms with E-state index in [4.69, 9.17) is 9.47 Å². The van der Waals surface area contributed by atoms with Gasteiger partial charge in [-0.2, -0.15) is 0 Å². The van der Waals surface area contributed by atoms with Crippen molar-refractivity contribution in [3.05, 3.63) is 40.7 Å². The molecule has 0 spiro atoms. The van der Waals surface area contributed by atoms with E-state index in [0.29, 0.717) is 18.3 Å². The molecule has 0 saturated carbocycles. The van der Waals surface area contributed by atoms with Crippen molar-refractivity contribution in [2.75, 3.05) is 32.9 Å². The van der Waals surface area contributed by atoms with Crippen molar-refractivity contribution in [3.63, 3.8) is 0 Å². The molecule has 3 aliphatic rings. The molecule has 1 aromatic heterocycles. The maximum absolute atomic E-state index is 12.7. The van der Waals surface area contributed by atoms with Crippen molar-refractivity contribution < 1.29 is 14.3 Å². The zero-order chi connectivity index (χ0) is 21.2. The normalized spacial score (nSPS) is 22.4. The van der Waals surface area contributed by atoms with Crippen LogP contribution in [0.3, 0.4) is 0 Å². The number of nitrogens with zero attached hydrogens (tertiary/aromatic N) is 4. The fourth-order valence-electron chi connectivity index (χ4n) is 5.03. The van der Waals surface area contributed by atoms with E-state index >= 15 is 0 Å². The van der Waals surface area contributed by atoms with Crippen LogP contribution in [-0.2, 0) is 22.4 Å². The largest absolute Gasteiger partial charge is 0.381 e. The molecule has 8 heteroatoms. The molecule has 1 N–H and O–H groups in total. The summed E-state index contributed by atoms with van der Waals surface area (Å²) in [6.45, 7) is 6.94. The van der Waals surface area contributed by atoms with E-state index < -0.39 is 0 Å². The molecule has 1 aromatic carbocycles. The van der Waals surface area contributed by atoms with Crippen LogP contribution in [0.5, 0.6) is 0 Å². The number of carbonyl (C=O) groups excluding carboxylic acids is 1. The highest BCUT2D eigenvalue weighted by Gasteiger charge is 2.28. The molecule has 0 bridgehead atoms. The maximum atomic E-state index is 12.7. The third kappa shape index (κ3) is 4.24. The van der Waals surface area contributed by atoms with E-state index in [-0.39, 0.29) is 12.0 Å². The molecule has 3 aliphatic heterocycles. The molecule has 1 amide bonds. The van der Waals surface area contributed by atoms with Gasteiger partial charge in [-0.15, -0.1) is 5.10 Å². The first-order chi connectivity index (χ1) is 15.2. The Morgan fingerprint density at radius 1 is 1.23 bits per heavy atom. The Morgan fingerprint density at radius 3 is 2.90 bits per heavy atom. The molecule has 0 radical (unpaired) electrons. The molecule has 31 heavy (non-hydrogen) atoms. The van der Waals surface area contributed by atoms with Crippen LogP contribution in [0.1, 0.15) is 53.0 Å². The van der Waals surface area contributed by atoms with Gasteiger partial charge in [0.2, 0.25) is 0 Å². The lowest BCUT2D eigenvalue weighted by Crippen LogP contribution is -2.42. The Morgan fingerprint density at radius 2 is 2.10 bits per heavy atom. The van der Waals surface area contributed by atoms with Gasteiger partial charge < -0.3 is 14.8 Å². The number of carbonyl (C=O) groups is 1. The van der Waals surface area contributed by atoms with Crippen molar-refractivity contribution >= 4 is 5.91 Å². The predicted molar refractivity (Wildman–Crippen MR) is 115 cm³/mol. The molecule has 8 nitrogen and oxygen atoms in total. The maximum Gasteiger partial charge on any atom is 0.273 e. The molecule has 0 aliphatic carbocycles. The average Bonchev–Trinajstić information content (AvgIpc) is 3.47. The van der Waals surface area contributed by atoms with Crippen LogP contribution in [0, 0.1) is 6.92 Å². The standard InChI is InChI=1S/C23H31N5O3/c1-16-22(23(29)24-14-19-5-3-11-31-19)25-26-28(16)21-6-2-4-17-15-27(10-7-20(17)21)18-8-12-30-13-9-18/h2,4,6,18-19H,3,5,7-15H2,1H3,(H,24,29)/t19-/m0/s1. The minimum Gasteiger partial charge on any atom is -0.381 e. The molecule has 0 unspecified atom stereocenters. The number of rotatable bonds is 5. The molecule has 2 aromatic rings. The first-order valence-corrected chi connectivity index (χ1v) is 11.5. The molecule has 4 heterocycles. The second kappa shape index (κ2) is 9.06. The number of aromatic nitrogens is 3. The Bertz CT molecular complexity index is 931. The lowest BCUT2D eigenvalue weighted by molar-refractivity contribution is 0.0290. The Balaban J connectivity index is 1.32. The van der Waals surface area contributed by atoms with Gasteiger partial charge in [0.1, 0.15) is 0 Å². The smallest absolute Gasteiger partial charge is 0.273 e. The van der Waals surface area contributed by atoms with Crippen LogP contribution in [-0.4, -0.2) is 70.9 Å². The number of nitrogens with one attached hydrogen (secondary N) is 1. The van der Waals surface area contributed by atoms with E-state index in [1.165, 1.54) is 11.1 Å². The molecule has 5 rings (SSSR count). The summed E-state index contributed by atoms with van der Waals surface area (Å²) in [5, 5.41) is 11.5. The summed E-state index contributed by atoms with van der Waals surface area (Å²) >= 11 is 0. The predicted octanol–water partition coefficient (Wildman–Crippen LogP) is 2.02.